The zero-order chi connectivity index (χ0) is 21.1. The van der Waals surface area contributed by atoms with E-state index in [1.54, 1.807) is 29.1 Å². The number of carbonyl (C=O) groups excluding carboxylic acids is 1. The Labute approximate surface area is 178 Å². The number of aromatic nitrogens is 3. The first kappa shape index (κ1) is 19.5. The average molecular weight is 417 g/mol. The molecule has 1 aromatic heterocycles. The van der Waals surface area contributed by atoms with Crippen molar-refractivity contribution in [3.05, 3.63) is 77.9 Å². The van der Waals surface area contributed by atoms with Crippen molar-refractivity contribution in [2.24, 2.45) is 0 Å². The fourth-order valence-electron chi connectivity index (χ4n) is 2.95. The van der Waals surface area contributed by atoms with Gasteiger partial charge in [-0.2, -0.15) is 4.80 Å². The van der Waals surface area contributed by atoms with Crippen LogP contribution in [0.3, 0.4) is 0 Å². The quantitative estimate of drug-likeness (QED) is 0.491. The molecule has 0 aliphatic heterocycles. The predicted molar refractivity (Wildman–Crippen MR) is 120 cm³/mol. The first-order chi connectivity index (χ1) is 14.5. The van der Waals surface area contributed by atoms with Crippen molar-refractivity contribution in [3.8, 4) is 11.4 Å². The van der Waals surface area contributed by atoms with Crippen molar-refractivity contribution in [1.29, 1.82) is 0 Å². The standard InChI is InChI=1S/C22H19N5O2S/c1-14-7-10-16(11-8-14)27-25-18-12-9-15(13-19(18)26-27)23-22(30)24-21(28)17-5-3-4-6-20(17)29-2/h3-13H,1-2H3,(H2,23,24,28,30). The van der Waals surface area contributed by atoms with Gasteiger partial charge in [0.25, 0.3) is 5.91 Å². The van der Waals surface area contributed by atoms with Crippen molar-refractivity contribution in [2.45, 2.75) is 6.92 Å². The molecule has 4 aromatic rings. The van der Waals surface area contributed by atoms with E-state index in [9.17, 15) is 4.79 Å². The Balaban J connectivity index is 1.49. The van der Waals surface area contributed by atoms with Crippen LogP contribution < -0.4 is 15.4 Å². The van der Waals surface area contributed by atoms with Gasteiger partial charge in [0.15, 0.2) is 5.11 Å². The monoisotopic (exact) mass is 417 g/mol. The molecular weight excluding hydrogens is 398 g/mol. The maximum atomic E-state index is 12.5. The highest BCUT2D eigenvalue weighted by Gasteiger charge is 2.13. The smallest absolute Gasteiger partial charge is 0.261 e. The molecule has 0 unspecified atom stereocenters. The lowest BCUT2D eigenvalue weighted by Gasteiger charge is -2.11. The number of rotatable bonds is 4. The molecule has 150 valence electrons. The van der Waals surface area contributed by atoms with E-state index in [0.717, 1.165) is 11.2 Å². The third-order valence-corrected chi connectivity index (χ3v) is 4.69. The molecule has 0 saturated carbocycles. The highest BCUT2D eigenvalue weighted by molar-refractivity contribution is 7.80. The minimum atomic E-state index is -0.351. The van der Waals surface area contributed by atoms with Crippen molar-refractivity contribution < 1.29 is 9.53 Å². The van der Waals surface area contributed by atoms with E-state index in [1.165, 1.54) is 12.7 Å². The molecule has 7 nitrogen and oxygen atoms in total. The van der Waals surface area contributed by atoms with Crippen LogP contribution in [0.1, 0.15) is 15.9 Å². The highest BCUT2D eigenvalue weighted by Crippen LogP contribution is 2.19. The third kappa shape index (κ3) is 4.13. The molecule has 1 heterocycles. The number of nitrogens with zero attached hydrogens (tertiary/aromatic N) is 3. The Hall–Kier alpha value is -3.78. The van der Waals surface area contributed by atoms with Crippen LogP contribution in [-0.2, 0) is 0 Å². The summed E-state index contributed by atoms with van der Waals surface area (Å²) < 4.78 is 5.22. The average Bonchev–Trinajstić information content (AvgIpc) is 3.17. The van der Waals surface area contributed by atoms with Gasteiger partial charge < -0.3 is 10.1 Å². The lowest BCUT2D eigenvalue weighted by molar-refractivity contribution is 0.0975. The number of aryl methyl sites for hydroxylation is 1. The summed E-state index contributed by atoms with van der Waals surface area (Å²) in [6.07, 6.45) is 0. The van der Waals surface area contributed by atoms with Crippen LogP contribution in [0, 0.1) is 6.92 Å². The van der Waals surface area contributed by atoms with Gasteiger partial charge in [-0.05, 0) is 61.6 Å². The van der Waals surface area contributed by atoms with Gasteiger partial charge in [0.2, 0.25) is 0 Å². The Bertz CT molecular complexity index is 1230. The lowest BCUT2D eigenvalue weighted by atomic mass is 10.2. The zero-order valence-corrected chi connectivity index (χ0v) is 17.2. The van der Waals surface area contributed by atoms with Crippen molar-refractivity contribution in [3.63, 3.8) is 0 Å². The first-order valence-electron chi connectivity index (χ1n) is 9.23. The molecule has 3 aromatic carbocycles. The second-order valence-electron chi connectivity index (χ2n) is 6.64. The molecule has 8 heteroatoms. The molecule has 0 aliphatic carbocycles. The molecule has 2 N–H and O–H groups in total. The van der Waals surface area contributed by atoms with E-state index < -0.39 is 0 Å². The number of nitrogens with one attached hydrogen (secondary N) is 2. The highest BCUT2D eigenvalue weighted by atomic mass is 32.1. The van der Waals surface area contributed by atoms with Crippen molar-refractivity contribution >= 4 is 40.0 Å². The second kappa shape index (κ2) is 8.30. The van der Waals surface area contributed by atoms with Gasteiger partial charge in [0.05, 0.1) is 18.4 Å². The van der Waals surface area contributed by atoms with Crippen LogP contribution in [0.5, 0.6) is 5.75 Å². The van der Waals surface area contributed by atoms with E-state index in [-0.39, 0.29) is 11.0 Å². The fourth-order valence-corrected chi connectivity index (χ4v) is 3.16. The molecule has 0 bridgehead atoms. The predicted octanol–water partition coefficient (Wildman–Crippen LogP) is 3.86. The van der Waals surface area contributed by atoms with Gasteiger partial charge in [-0.3, -0.25) is 10.1 Å². The number of thiocarbonyl (C=S) groups is 1. The number of amides is 1. The number of carbonyl (C=O) groups is 1. The van der Waals surface area contributed by atoms with E-state index in [0.29, 0.717) is 22.5 Å². The molecule has 0 spiro atoms. The van der Waals surface area contributed by atoms with Crippen LogP contribution in [0.4, 0.5) is 5.69 Å². The molecule has 0 aliphatic rings. The molecule has 4 rings (SSSR count). The molecule has 30 heavy (non-hydrogen) atoms. The SMILES string of the molecule is COc1ccccc1C(=O)NC(=S)Nc1ccc2nn(-c3ccc(C)cc3)nc2c1. The van der Waals surface area contributed by atoms with E-state index in [1.807, 2.05) is 49.4 Å². The number of methoxy groups -OCH3 is 1. The van der Waals surface area contributed by atoms with Crippen LogP contribution in [0.25, 0.3) is 16.7 Å². The summed E-state index contributed by atoms with van der Waals surface area (Å²) in [5.74, 6) is 0.128. The van der Waals surface area contributed by atoms with Crippen LogP contribution in [-0.4, -0.2) is 33.1 Å². The van der Waals surface area contributed by atoms with Crippen LogP contribution >= 0.6 is 12.2 Å². The maximum Gasteiger partial charge on any atom is 0.261 e. The van der Waals surface area contributed by atoms with Gasteiger partial charge in [-0.25, -0.2) is 0 Å². The van der Waals surface area contributed by atoms with Gasteiger partial charge >= 0.3 is 0 Å². The fraction of sp³-hybridized carbons (Fsp3) is 0.0909. The van der Waals surface area contributed by atoms with Gasteiger partial charge in [-0.15, -0.1) is 10.2 Å². The molecule has 0 radical (unpaired) electrons. The lowest BCUT2D eigenvalue weighted by Crippen LogP contribution is -2.34. The molecule has 0 saturated heterocycles. The van der Waals surface area contributed by atoms with Gasteiger partial charge in [0, 0.05) is 5.69 Å². The maximum absolute atomic E-state index is 12.5. The topological polar surface area (TPSA) is 81.1 Å². The number of ether oxygens (including phenoxy) is 1. The third-order valence-electron chi connectivity index (χ3n) is 4.48. The number of anilines is 1. The molecule has 0 fully saturated rings. The van der Waals surface area contributed by atoms with E-state index in [4.69, 9.17) is 17.0 Å². The largest absolute Gasteiger partial charge is 0.496 e. The summed E-state index contributed by atoms with van der Waals surface area (Å²) in [6, 6.07) is 20.4. The number of fused-ring (bicyclic) bond motifs is 1. The number of benzene rings is 3. The van der Waals surface area contributed by atoms with Crippen LogP contribution in [0.2, 0.25) is 0 Å². The Kier molecular flexibility index (Phi) is 5.40. The minimum Gasteiger partial charge on any atom is -0.496 e. The second-order valence-corrected chi connectivity index (χ2v) is 7.05. The summed E-state index contributed by atoms with van der Waals surface area (Å²) in [7, 11) is 1.52. The molecule has 0 atom stereocenters. The summed E-state index contributed by atoms with van der Waals surface area (Å²) in [5, 5.41) is 14.9. The first-order valence-corrected chi connectivity index (χ1v) is 9.64. The zero-order valence-electron chi connectivity index (χ0n) is 16.4. The summed E-state index contributed by atoms with van der Waals surface area (Å²) in [5.41, 5.74) is 4.62. The Morgan fingerprint density at radius 1 is 1.00 bits per heavy atom. The number of para-hydroxylation sites is 1. The minimum absolute atomic E-state index is 0.177. The van der Waals surface area contributed by atoms with E-state index >= 15 is 0 Å². The summed E-state index contributed by atoms with van der Waals surface area (Å²) >= 11 is 5.28. The normalized spacial score (nSPS) is 10.6. The van der Waals surface area contributed by atoms with Crippen molar-refractivity contribution in [1.82, 2.24) is 20.3 Å². The summed E-state index contributed by atoms with van der Waals surface area (Å²) in [4.78, 5) is 14.1. The van der Waals surface area contributed by atoms with Gasteiger partial charge in [-0.1, -0.05) is 29.8 Å². The number of hydrogen-bond acceptors (Lipinski definition) is 5. The molecular formula is C22H19N5O2S. The Morgan fingerprint density at radius 2 is 1.73 bits per heavy atom. The van der Waals surface area contributed by atoms with Gasteiger partial charge in [0.1, 0.15) is 16.8 Å². The summed E-state index contributed by atoms with van der Waals surface area (Å²) in [6.45, 7) is 2.03. The van der Waals surface area contributed by atoms with E-state index in [2.05, 4.69) is 20.8 Å². The Morgan fingerprint density at radius 3 is 2.50 bits per heavy atom. The number of hydrogen-bond donors (Lipinski definition) is 2. The van der Waals surface area contributed by atoms with Crippen LogP contribution in [0.15, 0.2) is 66.7 Å². The molecule has 1 amide bonds. The van der Waals surface area contributed by atoms with Crippen molar-refractivity contribution in [2.75, 3.05) is 12.4 Å².